The summed E-state index contributed by atoms with van der Waals surface area (Å²) in [6.07, 6.45) is 5.82. The highest BCUT2D eigenvalue weighted by molar-refractivity contribution is 7.88. The molecule has 0 saturated heterocycles. The summed E-state index contributed by atoms with van der Waals surface area (Å²) in [5, 5.41) is 0. The minimum Gasteiger partial charge on any atom is -0.376 e. The smallest absolute Gasteiger partial charge is 0.376 e. The number of hydrogen-bond donors (Lipinski definition) is 1. The van der Waals surface area contributed by atoms with Crippen LogP contribution in [0.2, 0.25) is 0 Å². The van der Waals surface area contributed by atoms with Crippen molar-refractivity contribution in [3.05, 3.63) is 35.4 Å². The van der Waals surface area contributed by atoms with E-state index in [1.807, 2.05) is 6.08 Å². The fraction of sp³-hybridized carbons (Fsp3) is 0.429. The predicted octanol–water partition coefficient (Wildman–Crippen LogP) is 3.78. The molecule has 1 fully saturated rings. The van der Waals surface area contributed by atoms with Gasteiger partial charge < -0.3 is 9.92 Å². The lowest BCUT2D eigenvalue weighted by atomic mass is 10.0. The van der Waals surface area contributed by atoms with Crippen molar-refractivity contribution in [2.45, 2.75) is 31.3 Å². The summed E-state index contributed by atoms with van der Waals surface area (Å²) in [6.45, 7) is 1.73. The Balaban J connectivity index is 0.00000264. The van der Waals surface area contributed by atoms with E-state index in [1.54, 1.807) is 13.0 Å². The molecule has 0 amide bonds. The topological polar surface area (TPSA) is 69.4 Å². The molecule has 0 radical (unpaired) electrons. The van der Waals surface area contributed by atoms with Crippen molar-refractivity contribution < 1.29 is 25.8 Å². The fourth-order valence-electron chi connectivity index (χ4n) is 1.87. The van der Waals surface area contributed by atoms with Gasteiger partial charge in [0.15, 0.2) is 0 Å². The molecule has 2 N–H and O–H groups in total. The summed E-state index contributed by atoms with van der Waals surface area (Å²) in [5.74, 6) is 0.0709. The maximum absolute atomic E-state index is 12.3. The van der Waals surface area contributed by atoms with Crippen LogP contribution in [0.4, 0.5) is 13.2 Å². The first-order valence-electron chi connectivity index (χ1n) is 6.68. The standard InChI is InChI=1S/C14H16F3NO3S.ClH/c1-9(18)13-7-6-12(21-22(19,20)14(15,16)17)8-11(13)5-4-10-2-3-10;/h4-10H,2-3,18H2,1H3;1H/b5-4+;/t9-;/m0./s1. The lowest BCUT2D eigenvalue weighted by Crippen LogP contribution is -2.28. The van der Waals surface area contributed by atoms with Crippen LogP contribution in [-0.2, 0) is 10.1 Å². The Kier molecular flexibility index (Phi) is 6.12. The molecule has 4 nitrogen and oxygen atoms in total. The van der Waals surface area contributed by atoms with Crippen LogP contribution in [-0.4, -0.2) is 13.9 Å². The van der Waals surface area contributed by atoms with Gasteiger partial charge in [-0.3, -0.25) is 0 Å². The zero-order valence-electron chi connectivity index (χ0n) is 12.2. The lowest BCUT2D eigenvalue weighted by molar-refractivity contribution is -0.0500. The molecule has 2 rings (SSSR count). The number of benzene rings is 1. The van der Waals surface area contributed by atoms with Crippen LogP contribution < -0.4 is 9.92 Å². The van der Waals surface area contributed by atoms with E-state index >= 15 is 0 Å². The van der Waals surface area contributed by atoms with Crippen molar-refractivity contribution in [2.24, 2.45) is 11.7 Å². The zero-order chi connectivity index (χ0) is 16.5. The van der Waals surface area contributed by atoms with Gasteiger partial charge in [0.05, 0.1) is 0 Å². The molecule has 1 aliphatic carbocycles. The van der Waals surface area contributed by atoms with Crippen LogP contribution in [0.15, 0.2) is 24.3 Å². The molecule has 1 aromatic carbocycles. The third-order valence-corrected chi connectivity index (χ3v) is 4.19. The van der Waals surface area contributed by atoms with E-state index in [1.165, 1.54) is 12.1 Å². The van der Waals surface area contributed by atoms with Crippen molar-refractivity contribution in [2.75, 3.05) is 0 Å². The van der Waals surface area contributed by atoms with E-state index in [4.69, 9.17) is 5.73 Å². The molecule has 0 spiro atoms. The Bertz CT molecular complexity index is 683. The summed E-state index contributed by atoms with van der Waals surface area (Å²) in [6, 6.07) is 3.54. The number of alkyl halides is 3. The zero-order valence-corrected chi connectivity index (χ0v) is 13.8. The number of halogens is 4. The fourth-order valence-corrected chi connectivity index (χ4v) is 2.32. The number of allylic oxidation sites excluding steroid dienone is 1. The van der Waals surface area contributed by atoms with Gasteiger partial charge in [0, 0.05) is 6.04 Å². The molecule has 9 heteroatoms. The van der Waals surface area contributed by atoms with Crippen molar-refractivity contribution in [3.63, 3.8) is 0 Å². The van der Waals surface area contributed by atoms with Crippen LogP contribution in [0.25, 0.3) is 6.08 Å². The van der Waals surface area contributed by atoms with Crippen molar-refractivity contribution in [1.82, 2.24) is 0 Å². The van der Waals surface area contributed by atoms with Gasteiger partial charge in [0.25, 0.3) is 0 Å². The second-order valence-corrected chi connectivity index (χ2v) is 6.80. The van der Waals surface area contributed by atoms with Gasteiger partial charge in [-0.2, -0.15) is 21.6 Å². The monoisotopic (exact) mass is 371 g/mol. The average Bonchev–Trinajstić information content (AvgIpc) is 3.18. The quantitative estimate of drug-likeness (QED) is 0.631. The van der Waals surface area contributed by atoms with Gasteiger partial charge in [-0.25, -0.2) is 0 Å². The van der Waals surface area contributed by atoms with E-state index in [0.717, 1.165) is 18.9 Å². The Hall–Kier alpha value is -1.25. The minimum atomic E-state index is -5.67. The van der Waals surface area contributed by atoms with Gasteiger partial charge in [-0.1, -0.05) is 18.2 Å². The van der Waals surface area contributed by atoms with Crippen LogP contribution in [0.5, 0.6) is 5.75 Å². The highest BCUT2D eigenvalue weighted by Crippen LogP contribution is 2.33. The maximum atomic E-state index is 12.3. The second kappa shape index (κ2) is 7.11. The summed E-state index contributed by atoms with van der Waals surface area (Å²) in [4.78, 5) is 0. The van der Waals surface area contributed by atoms with E-state index in [2.05, 4.69) is 4.18 Å². The Morgan fingerprint density at radius 3 is 2.43 bits per heavy atom. The highest BCUT2D eigenvalue weighted by atomic mass is 35.5. The Morgan fingerprint density at radius 1 is 1.35 bits per heavy atom. The van der Waals surface area contributed by atoms with Crippen LogP contribution >= 0.6 is 12.4 Å². The molecule has 0 unspecified atom stereocenters. The first-order valence-corrected chi connectivity index (χ1v) is 8.09. The van der Waals surface area contributed by atoms with Gasteiger partial charge in [0.2, 0.25) is 0 Å². The van der Waals surface area contributed by atoms with Crippen molar-refractivity contribution in [1.29, 1.82) is 0 Å². The summed E-state index contributed by atoms with van der Waals surface area (Å²) < 4.78 is 63.2. The van der Waals surface area contributed by atoms with Crippen molar-refractivity contribution >= 4 is 28.6 Å². The molecule has 23 heavy (non-hydrogen) atoms. The number of hydrogen-bond acceptors (Lipinski definition) is 4. The second-order valence-electron chi connectivity index (χ2n) is 5.26. The lowest BCUT2D eigenvalue weighted by Gasteiger charge is -2.13. The van der Waals surface area contributed by atoms with Crippen molar-refractivity contribution in [3.8, 4) is 5.75 Å². The summed E-state index contributed by atoms with van der Waals surface area (Å²) in [5.41, 5.74) is 1.60. The van der Waals surface area contributed by atoms with Crippen LogP contribution in [0.3, 0.4) is 0 Å². The highest BCUT2D eigenvalue weighted by Gasteiger charge is 2.48. The third kappa shape index (κ3) is 5.12. The average molecular weight is 372 g/mol. The van der Waals surface area contributed by atoms with E-state index in [0.29, 0.717) is 17.0 Å². The van der Waals surface area contributed by atoms with E-state index in [9.17, 15) is 21.6 Å². The van der Waals surface area contributed by atoms with Crippen LogP contribution in [0.1, 0.15) is 36.9 Å². The molecule has 1 saturated carbocycles. The minimum absolute atomic E-state index is 0. The van der Waals surface area contributed by atoms with Gasteiger partial charge >= 0.3 is 15.6 Å². The molecule has 1 aromatic rings. The molecule has 1 aliphatic rings. The van der Waals surface area contributed by atoms with Gasteiger partial charge in [0.1, 0.15) is 5.75 Å². The van der Waals surface area contributed by atoms with Gasteiger partial charge in [-0.15, -0.1) is 12.4 Å². The summed E-state index contributed by atoms with van der Waals surface area (Å²) >= 11 is 0. The molecule has 0 heterocycles. The largest absolute Gasteiger partial charge is 0.534 e. The summed E-state index contributed by atoms with van der Waals surface area (Å²) in [7, 11) is -5.67. The van der Waals surface area contributed by atoms with E-state index in [-0.39, 0.29) is 18.4 Å². The maximum Gasteiger partial charge on any atom is 0.534 e. The SMILES string of the molecule is C[C@H](N)c1ccc(OS(=O)(=O)C(F)(F)F)cc1/C=C/C1CC1.Cl. The molecule has 0 aliphatic heterocycles. The first-order chi connectivity index (χ1) is 10.1. The first kappa shape index (κ1) is 19.8. The van der Waals surface area contributed by atoms with E-state index < -0.39 is 21.4 Å². The molecule has 0 aromatic heterocycles. The Labute approximate surface area is 139 Å². The van der Waals surface area contributed by atoms with Gasteiger partial charge in [-0.05, 0) is 48.9 Å². The molecule has 1 atom stereocenters. The normalized spacial score (nSPS) is 16.9. The number of nitrogens with two attached hydrogens (primary N) is 1. The molecular formula is C14H17ClF3NO3S. The molecule has 130 valence electrons. The number of rotatable bonds is 5. The van der Waals surface area contributed by atoms with Crippen LogP contribution in [0, 0.1) is 5.92 Å². The molecular weight excluding hydrogens is 355 g/mol. The molecule has 0 bridgehead atoms. The Morgan fingerprint density at radius 2 is 1.96 bits per heavy atom. The predicted molar refractivity (Wildman–Crippen MR) is 83.7 cm³/mol. The third-order valence-electron chi connectivity index (χ3n) is 3.21.